The van der Waals surface area contributed by atoms with Crippen LogP contribution in [0.25, 0.3) is 0 Å². The van der Waals surface area contributed by atoms with E-state index in [4.69, 9.17) is 0 Å². The maximum Gasteiger partial charge on any atom is 0.143 e. The van der Waals surface area contributed by atoms with E-state index >= 15 is 0 Å². The second-order valence-electron chi connectivity index (χ2n) is 3.27. The first kappa shape index (κ1) is 6.14. The molecule has 0 aliphatic heterocycles. The van der Waals surface area contributed by atoms with Gasteiger partial charge in [-0.2, -0.15) is 0 Å². The Kier molecular flexibility index (Phi) is 1.19. The highest BCUT2D eigenvalue weighted by Crippen LogP contribution is 2.45. The van der Waals surface area contributed by atoms with Crippen molar-refractivity contribution in [2.75, 3.05) is 0 Å². The number of carbonyl (C=O) groups excluding carboxylic acids is 1. The Balaban J connectivity index is 2.12. The van der Waals surface area contributed by atoms with Gasteiger partial charge < -0.3 is 0 Å². The summed E-state index contributed by atoms with van der Waals surface area (Å²) in [6, 6.07) is 0. The molecule has 0 amide bonds. The summed E-state index contributed by atoms with van der Waals surface area (Å²) >= 11 is 0. The highest BCUT2D eigenvalue weighted by Gasteiger charge is 2.47. The SMILES string of the molecule is CCC1C(=O)C2C=CCC21. The van der Waals surface area contributed by atoms with Crippen LogP contribution in [0.2, 0.25) is 0 Å². The third kappa shape index (κ3) is 0.556. The molecule has 0 N–H and O–H groups in total. The van der Waals surface area contributed by atoms with E-state index in [-0.39, 0.29) is 0 Å². The molecule has 2 aliphatic carbocycles. The standard InChI is InChI=1S/C9H12O/c1-2-6-7-4-3-5-8(7)9(6)10/h3,5-8H,2,4H2,1H3. The summed E-state index contributed by atoms with van der Waals surface area (Å²) in [5.41, 5.74) is 0. The van der Waals surface area contributed by atoms with Gasteiger partial charge >= 0.3 is 0 Å². The summed E-state index contributed by atoms with van der Waals surface area (Å²) in [5, 5.41) is 0. The molecular formula is C9H12O. The van der Waals surface area contributed by atoms with Gasteiger partial charge in [-0.3, -0.25) is 4.79 Å². The minimum absolute atomic E-state index is 0.324. The van der Waals surface area contributed by atoms with E-state index in [1.54, 1.807) is 0 Å². The van der Waals surface area contributed by atoms with Crippen LogP contribution in [0.4, 0.5) is 0 Å². The molecule has 1 fully saturated rings. The van der Waals surface area contributed by atoms with Crippen molar-refractivity contribution in [3.63, 3.8) is 0 Å². The van der Waals surface area contributed by atoms with E-state index in [1.165, 1.54) is 0 Å². The molecule has 0 aromatic carbocycles. The van der Waals surface area contributed by atoms with Crippen LogP contribution in [-0.2, 0) is 4.79 Å². The highest BCUT2D eigenvalue weighted by atomic mass is 16.1. The lowest BCUT2D eigenvalue weighted by Crippen LogP contribution is -2.43. The van der Waals surface area contributed by atoms with E-state index in [1.807, 2.05) is 0 Å². The molecule has 0 aromatic heterocycles. The van der Waals surface area contributed by atoms with Crippen molar-refractivity contribution in [3.05, 3.63) is 12.2 Å². The van der Waals surface area contributed by atoms with Crippen LogP contribution in [0.3, 0.4) is 0 Å². The van der Waals surface area contributed by atoms with E-state index < -0.39 is 0 Å². The summed E-state index contributed by atoms with van der Waals surface area (Å²) < 4.78 is 0. The van der Waals surface area contributed by atoms with Crippen molar-refractivity contribution >= 4 is 5.78 Å². The van der Waals surface area contributed by atoms with Crippen LogP contribution >= 0.6 is 0 Å². The Morgan fingerprint density at radius 3 is 3.20 bits per heavy atom. The van der Waals surface area contributed by atoms with Gasteiger partial charge in [-0.25, -0.2) is 0 Å². The lowest BCUT2D eigenvalue weighted by Gasteiger charge is -2.37. The van der Waals surface area contributed by atoms with Gasteiger partial charge in [0.25, 0.3) is 0 Å². The van der Waals surface area contributed by atoms with Gasteiger partial charge in [0.1, 0.15) is 5.78 Å². The number of Topliss-reactive ketones (excluding diaryl/α,β-unsaturated/α-hetero) is 1. The number of rotatable bonds is 1. The Bertz CT molecular complexity index is 193. The van der Waals surface area contributed by atoms with Crippen molar-refractivity contribution in [2.45, 2.75) is 19.8 Å². The van der Waals surface area contributed by atoms with E-state index in [0.29, 0.717) is 23.5 Å². The Morgan fingerprint density at radius 1 is 1.70 bits per heavy atom. The van der Waals surface area contributed by atoms with E-state index in [2.05, 4.69) is 19.1 Å². The van der Waals surface area contributed by atoms with Gasteiger partial charge in [-0.05, 0) is 18.8 Å². The van der Waals surface area contributed by atoms with Gasteiger partial charge in [0, 0.05) is 11.8 Å². The van der Waals surface area contributed by atoms with Crippen molar-refractivity contribution in [1.29, 1.82) is 0 Å². The number of hydrogen-bond donors (Lipinski definition) is 0. The second kappa shape index (κ2) is 1.94. The molecule has 1 heteroatoms. The Labute approximate surface area is 61.1 Å². The van der Waals surface area contributed by atoms with Crippen LogP contribution in [0.5, 0.6) is 0 Å². The smallest absolute Gasteiger partial charge is 0.143 e. The first-order chi connectivity index (χ1) is 4.84. The zero-order chi connectivity index (χ0) is 7.14. The average molecular weight is 136 g/mol. The minimum Gasteiger partial charge on any atom is -0.299 e. The summed E-state index contributed by atoms with van der Waals surface area (Å²) in [6.45, 7) is 2.11. The predicted molar refractivity (Wildman–Crippen MR) is 39.5 cm³/mol. The number of allylic oxidation sites excluding steroid dienone is 2. The van der Waals surface area contributed by atoms with Crippen molar-refractivity contribution in [3.8, 4) is 0 Å². The summed E-state index contributed by atoms with van der Waals surface area (Å²) in [7, 11) is 0. The van der Waals surface area contributed by atoms with Crippen LogP contribution in [0.1, 0.15) is 19.8 Å². The Hall–Kier alpha value is -0.590. The minimum atomic E-state index is 0.324. The number of hydrogen-bond acceptors (Lipinski definition) is 1. The summed E-state index contributed by atoms with van der Waals surface area (Å²) in [6.07, 6.45) is 6.43. The molecule has 54 valence electrons. The third-order valence-electron chi connectivity index (χ3n) is 2.86. The molecule has 1 saturated carbocycles. The largest absolute Gasteiger partial charge is 0.299 e. The van der Waals surface area contributed by atoms with Crippen LogP contribution in [0, 0.1) is 17.8 Å². The maximum absolute atomic E-state index is 11.2. The number of fused-ring (bicyclic) bond motifs is 1. The molecule has 0 bridgehead atoms. The molecular weight excluding hydrogens is 124 g/mol. The molecule has 0 spiro atoms. The molecule has 2 aliphatic rings. The predicted octanol–water partition coefficient (Wildman–Crippen LogP) is 1.79. The summed E-state index contributed by atoms with van der Waals surface area (Å²) in [5.74, 6) is 1.91. The topological polar surface area (TPSA) is 17.1 Å². The average Bonchev–Trinajstić information content (AvgIpc) is 2.33. The van der Waals surface area contributed by atoms with Crippen LogP contribution < -0.4 is 0 Å². The molecule has 0 heterocycles. The lowest BCUT2D eigenvalue weighted by atomic mass is 9.64. The van der Waals surface area contributed by atoms with Crippen LogP contribution in [0.15, 0.2) is 12.2 Å². The van der Waals surface area contributed by atoms with Gasteiger partial charge in [-0.15, -0.1) is 0 Å². The van der Waals surface area contributed by atoms with Crippen molar-refractivity contribution in [2.24, 2.45) is 17.8 Å². The second-order valence-corrected chi connectivity index (χ2v) is 3.27. The number of ketones is 1. The first-order valence-electron chi connectivity index (χ1n) is 4.05. The molecule has 0 radical (unpaired) electrons. The highest BCUT2D eigenvalue weighted by molar-refractivity contribution is 5.92. The molecule has 2 rings (SSSR count). The van der Waals surface area contributed by atoms with E-state index in [0.717, 1.165) is 12.8 Å². The molecule has 10 heavy (non-hydrogen) atoms. The fourth-order valence-corrected chi connectivity index (χ4v) is 2.24. The normalized spacial score (nSPS) is 43.3. The third-order valence-corrected chi connectivity index (χ3v) is 2.86. The number of carbonyl (C=O) groups is 1. The molecule has 1 nitrogen and oxygen atoms in total. The quantitative estimate of drug-likeness (QED) is 0.502. The van der Waals surface area contributed by atoms with Gasteiger partial charge in [-0.1, -0.05) is 19.1 Å². The van der Waals surface area contributed by atoms with E-state index in [9.17, 15) is 4.79 Å². The first-order valence-corrected chi connectivity index (χ1v) is 4.05. The van der Waals surface area contributed by atoms with Gasteiger partial charge in [0.15, 0.2) is 0 Å². The zero-order valence-corrected chi connectivity index (χ0v) is 6.21. The Morgan fingerprint density at radius 2 is 2.50 bits per heavy atom. The lowest BCUT2D eigenvalue weighted by molar-refractivity contribution is -0.138. The zero-order valence-electron chi connectivity index (χ0n) is 6.21. The van der Waals surface area contributed by atoms with Gasteiger partial charge in [0.2, 0.25) is 0 Å². The molecule has 0 aromatic rings. The monoisotopic (exact) mass is 136 g/mol. The fourth-order valence-electron chi connectivity index (χ4n) is 2.24. The summed E-state index contributed by atoms with van der Waals surface area (Å²) in [4.78, 5) is 11.2. The van der Waals surface area contributed by atoms with Crippen LogP contribution in [-0.4, -0.2) is 5.78 Å². The van der Waals surface area contributed by atoms with Gasteiger partial charge in [0.05, 0.1) is 0 Å². The van der Waals surface area contributed by atoms with Crippen molar-refractivity contribution in [1.82, 2.24) is 0 Å². The fraction of sp³-hybridized carbons (Fsp3) is 0.667. The van der Waals surface area contributed by atoms with Crippen molar-refractivity contribution < 1.29 is 4.79 Å². The molecule has 0 saturated heterocycles. The molecule has 3 atom stereocenters. The maximum atomic E-state index is 11.2. The molecule has 3 unspecified atom stereocenters.